The molecule has 0 aliphatic rings. The lowest BCUT2D eigenvalue weighted by molar-refractivity contribution is -0.153. The zero-order valence-corrected chi connectivity index (χ0v) is 11.7. The first-order valence-electron chi connectivity index (χ1n) is 6.36. The van der Waals surface area contributed by atoms with Crippen molar-refractivity contribution in [3.8, 4) is 0 Å². The van der Waals surface area contributed by atoms with Crippen LogP contribution in [-0.2, 0) is 16.0 Å². The average molecular weight is 249 g/mol. The number of carbonyl (C=O) groups is 1. The van der Waals surface area contributed by atoms with Crippen LogP contribution in [-0.4, -0.2) is 19.1 Å². The molecule has 0 aromatic heterocycles. The highest BCUT2D eigenvalue weighted by atomic mass is 16.5. The minimum Gasteiger partial charge on any atom is -0.466 e. The van der Waals surface area contributed by atoms with Gasteiger partial charge in [-0.1, -0.05) is 23.8 Å². The summed E-state index contributed by atoms with van der Waals surface area (Å²) in [6, 6.07) is 6.26. The molecule has 1 aromatic carbocycles. The van der Waals surface area contributed by atoms with Gasteiger partial charge in [0, 0.05) is 6.54 Å². The second kappa shape index (κ2) is 6.01. The monoisotopic (exact) mass is 249 g/mol. The maximum Gasteiger partial charge on any atom is 0.313 e. The molecule has 0 saturated carbocycles. The van der Waals surface area contributed by atoms with Crippen molar-refractivity contribution in [2.75, 3.05) is 13.2 Å². The Morgan fingerprint density at radius 2 is 2.06 bits per heavy atom. The molecule has 2 N–H and O–H groups in total. The number of nitrogens with two attached hydrogens (primary N) is 1. The Kier molecular flexibility index (Phi) is 4.91. The molecule has 1 atom stereocenters. The highest BCUT2D eigenvalue weighted by molar-refractivity contribution is 5.77. The normalized spacial score (nSPS) is 14.1. The van der Waals surface area contributed by atoms with Crippen molar-refractivity contribution in [3.63, 3.8) is 0 Å². The maximum absolute atomic E-state index is 12.0. The van der Waals surface area contributed by atoms with Crippen LogP contribution in [0.2, 0.25) is 0 Å². The second-order valence-electron chi connectivity index (χ2n) is 5.09. The van der Waals surface area contributed by atoms with Crippen LogP contribution in [0.25, 0.3) is 0 Å². The topological polar surface area (TPSA) is 52.3 Å². The third-order valence-corrected chi connectivity index (χ3v) is 3.30. The van der Waals surface area contributed by atoms with Crippen molar-refractivity contribution >= 4 is 5.97 Å². The van der Waals surface area contributed by atoms with E-state index in [-0.39, 0.29) is 5.97 Å². The summed E-state index contributed by atoms with van der Waals surface area (Å²) in [5, 5.41) is 0. The summed E-state index contributed by atoms with van der Waals surface area (Å²) < 4.78 is 5.12. The molecule has 0 aliphatic heterocycles. The van der Waals surface area contributed by atoms with E-state index in [1.807, 2.05) is 20.8 Å². The summed E-state index contributed by atoms with van der Waals surface area (Å²) in [5.74, 6) is -0.214. The summed E-state index contributed by atoms with van der Waals surface area (Å²) in [7, 11) is 0. The number of ether oxygens (including phenoxy) is 1. The van der Waals surface area contributed by atoms with Crippen molar-refractivity contribution in [2.45, 2.75) is 34.1 Å². The molecule has 18 heavy (non-hydrogen) atoms. The van der Waals surface area contributed by atoms with Gasteiger partial charge in [-0.2, -0.15) is 0 Å². The molecule has 1 unspecified atom stereocenters. The summed E-state index contributed by atoms with van der Waals surface area (Å²) >= 11 is 0. The Bertz CT molecular complexity index is 429. The van der Waals surface area contributed by atoms with E-state index in [0.29, 0.717) is 19.6 Å². The Morgan fingerprint density at radius 3 is 2.61 bits per heavy atom. The number of aryl methyl sites for hydroxylation is 2. The van der Waals surface area contributed by atoms with E-state index < -0.39 is 5.41 Å². The number of esters is 1. The molecule has 0 aliphatic carbocycles. The van der Waals surface area contributed by atoms with Gasteiger partial charge in [0.15, 0.2) is 0 Å². The third kappa shape index (κ3) is 3.33. The van der Waals surface area contributed by atoms with Gasteiger partial charge in [-0.25, -0.2) is 0 Å². The van der Waals surface area contributed by atoms with Gasteiger partial charge in [-0.05, 0) is 45.2 Å². The highest BCUT2D eigenvalue weighted by Crippen LogP contribution is 2.25. The van der Waals surface area contributed by atoms with Gasteiger partial charge in [0.2, 0.25) is 0 Å². The average Bonchev–Trinajstić information content (AvgIpc) is 2.34. The van der Waals surface area contributed by atoms with Gasteiger partial charge in [0.1, 0.15) is 0 Å². The molecular weight excluding hydrogens is 226 g/mol. The lowest BCUT2D eigenvalue weighted by Gasteiger charge is -2.26. The van der Waals surface area contributed by atoms with Crippen molar-refractivity contribution in [1.29, 1.82) is 0 Å². The van der Waals surface area contributed by atoms with Crippen molar-refractivity contribution in [1.82, 2.24) is 0 Å². The van der Waals surface area contributed by atoms with Crippen LogP contribution in [0.5, 0.6) is 0 Å². The van der Waals surface area contributed by atoms with Crippen molar-refractivity contribution in [3.05, 3.63) is 34.9 Å². The molecule has 0 heterocycles. The molecular formula is C15H23NO2. The Balaban J connectivity index is 2.97. The summed E-state index contributed by atoms with van der Waals surface area (Å²) in [6.07, 6.45) is 0.621. The van der Waals surface area contributed by atoms with Gasteiger partial charge in [0.25, 0.3) is 0 Å². The number of hydrogen-bond acceptors (Lipinski definition) is 3. The molecule has 1 rings (SSSR count). The van der Waals surface area contributed by atoms with E-state index >= 15 is 0 Å². The number of rotatable bonds is 5. The molecule has 0 bridgehead atoms. The molecule has 3 nitrogen and oxygen atoms in total. The molecule has 0 fully saturated rings. The van der Waals surface area contributed by atoms with E-state index in [1.165, 1.54) is 11.1 Å². The number of benzene rings is 1. The van der Waals surface area contributed by atoms with Gasteiger partial charge < -0.3 is 10.5 Å². The molecule has 100 valence electrons. The van der Waals surface area contributed by atoms with Crippen LogP contribution < -0.4 is 5.73 Å². The minimum absolute atomic E-state index is 0.214. The Morgan fingerprint density at radius 1 is 1.39 bits per heavy atom. The highest BCUT2D eigenvalue weighted by Gasteiger charge is 2.33. The third-order valence-electron chi connectivity index (χ3n) is 3.30. The van der Waals surface area contributed by atoms with Crippen LogP contribution in [0, 0.1) is 19.3 Å². The van der Waals surface area contributed by atoms with Gasteiger partial charge in [-0.15, -0.1) is 0 Å². The summed E-state index contributed by atoms with van der Waals surface area (Å²) in [6.45, 7) is 8.46. The first-order chi connectivity index (χ1) is 8.42. The van der Waals surface area contributed by atoms with Gasteiger partial charge in [0.05, 0.1) is 12.0 Å². The fourth-order valence-electron chi connectivity index (χ4n) is 1.94. The zero-order chi connectivity index (χ0) is 13.8. The van der Waals surface area contributed by atoms with E-state index in [2.05, 4.69) is 25.1 Å². The Labute approximate surface area is 109 Å². The first-order valence-corrected chi connectivity index (χ1v) is 6.36. The second-order valence-corrected chi connectivity index (χ2v) is 5.09. The van der Waals surface area contributed by atoms with E-state index in [0.717, 1.165) is 5.56 Å². The smallest absolute Gasteiger partial charge is 0.313 e. The molecule has 0 radical (unpaired) electrons. The quantitative estimate of drug-likeness (QED) is 0.815. The van der Waals surface area contributed by atoms with Crippen molar-refractivity contribution < 1.29 is 9.53 Å². The SMILES string of the molecule is CCOC(=O)C(C)(CN)Cc1cc(C)ccc1C. The van der Waals surface area contributed by atoms with E-state index in [9.17, 15) is 4.79 Å². The molecule has 1 aromatic rings. The number of carbonyl (C=O) groups excluding carboxylic acids is 1. The summed E-state index contributed by atoms with van der Waals surface area (Å²) in [4.78, 5) is 12.0. The van der Waals surface area contributed by atoms with Crippen LogP contribution in [0.4, 0.5) is 0 Å². The first kappa shape index (κ1) is 14.7. The van der Waals surface area contributed by atoms with Crippen LogP contribution in [0.15, 0.2) is 18.2 Å². The largest absolute Gasteiger partial charge is 0.466 e. The molecule has 0 amide bonds. The fraction of sp³-hybridized carbons (Fsp3) is 0.533. The zero-order valence-electron chi connectivity index (χ0n) is 11.7. The van der Waals surface area contributed by atoms with Crippen molar-refractivity contribution in [2.24, 2.45) is 11.1 Å². The van der Waals surface area contributed by atoms with Gasteiger partial charge in [-0.3, -0.25) is 4.79 Å². The predicted molar refractivity (Wildman–Crippen MR) is 73.4 cm³/mol. The number of hydrogen-bond donors (Lipinski definition) is 1. The molecule has 0 saturated heterocycles. The van der Waals surface area contributed by atoms with Crippen LogP contribution in [0.3, 0.4) is 0 Å². The fourth-order valence-corrected chi connectivity index (χ4v) is 1.94. The molecule has 0 spiro atoms. The lowest BCUT2D eigenvalue weighted by Crippen LogP contribution is -2.39. The maximum atomic E-state index is 12.0. The van der Waals surface area contributed by atoms with E-state index in [1.54, 1.807) is 0 Å². The van der Waals surface area contributed by atoms with Crippen LogP contribution >= 0.6 is 0 Å². The molecule has 3 heteroatoms. The summed E-state index contributed by atoms with van der Waals surface area (Å²) in [5.41, 5.74) is 8.67. The Hall–Kier alpha value is -1.35. The standard InChI is InChI=1S/C15H23NO2/c1-5-18-14(17)15(4,10-16)9-13-8-11(2)6-7-12(13)3/h6-8H,5,9-10,16H2,1-4H3. The van der Waals surface area contributed by atoms with E-state index in [4.69, 9.17) is 10.5 Å². The predicted octanol–water partition coefficient (Wildman–Crippen LogP) is 2.37. The van der Waals surface area contributed by atoms with Gasteiger partial charge >= 0.3 is 5.97 Å². The van der Waals surface area contributed by atoms with Crippen LogP contribution in [0.1, 0.15) is 30.5 Å². The lowest BCUT2D eigenvalue weighted by atomic mass is 9.82. The minimum atomic E-state index is -0.644.